The van der Waals surface area contributed by atoms with Gasteiger partial charge in [0.2, 0.25) is 5.13 Å². The molecule has 3 aromatic carbocycles. The Labute approximate surface area is 290 Å². The van der Waals surface area contributed by atoms with Gasteiger partial charge in [-0.2, -0.15) is 0 Å². The third kappa shape index (κ3) is 8.38. The highest BCUT2D eigenvalue weighted by molar-refractivity contribution is 8.00. The Morgan fingerprint density at radius 2 is 1.60 bits per heavy atom. The first-order valence-corrected chi connectivity index (χ1v) is 18.2. The van der Waals surface area contributed by atoms with Gasteiger partial charge in [0.05, 0.1) is 31.4 Å². The molecule has 1 N–H and O–H groups in total. The second-order valence-electron chi connectivity index (χ2n) is 11.2. The van der Waals surface area contributed by atoms with Crippen LogP contribution >= 0.6 is 23.1 Å². The Kier molecular flexibility index (Phi) is 12.5. The number of hydrogen-bond donors (Lipinski definition) is 1. The maximum Gasteiger partial charge on any atom is 0.301 e. The molecule has 0 bridgehead atoms. The predicted molar refractivity (Wildman–Crippen MR) is 190 cm³/mol. The van der Waals surface area contributed by atoms with Crippen molar-refractivity contribution in [2.24, 2.45) is 0 Å². The lowest BCUT2D eigenvalue weighted by molar-refractivity contribution is -0.132. The first-order valence-electron chi connectivity index (χ1n) is 16.4. The minimum atomic E-state index is -0.987. The number of thioether (sulfide) groups is 1. The summed E-state index contributed by atoms with van der Waals surface area (Å²) < 4.78 is 18.4. The van der Waals surface area contributed by atoms with Crippen LogP contribution in [-0.2, 0) is 15.3 Å². The highest BCUT2D eigenvalue weighted by Crippen LogP contribution is 2.45. The molecule has 1 amide bonds. The summed E-state index contributed by atoms with van der Waals surface area (Å²) in [6.07, 6.45) is 4.98. The summed E-state index contributed by atoms with van der Waals surface area (Å²) in [6.45, 7) is 7.62. The fourth-order valence-electron chi connectivity index (χ4n) is 5.24. The maximum atomic E-state index is 13.8. The van der Waals surface area contributed by atoms with E-state index in [-0.39, 0.29) is 16.5 Å². The number of rotatable bonds is 17. The highest BCUT2D eigenvalue weighted by atomic mass is 32.2. The van der Waals surface area contributed by atoms with Gasteiger partial charge in [-0.3, -0.25) is 14.5 Å². The fourth-order valence-corrected chi connectivity index (χ4v) is 7.06. The Hall–Kier alpha value is -4.35. The summed E-state index contributed by atoms with van der Waals surface area (Å²) in [6, 6.07) is 21.2. The highest BCUT2D eigenvalue weighted by Gasteiger charge is 2.48. The average molecular weight is 688 g/mol. The van der Waals surface area contributed by atoms with Crippen molar-refractivity contribution >= 4 is 45.7 Å². The van der Waals surface area contributed by atoms with E-state index in [1.54, 1.807) is 42.5 Å². The van der Waals surface area contributed by atoms with Gasteiger partial charge >= 0.3 is 5.91 Å². The molecular weight excluding hydrogens is 647 g/mol. The first kappa shape index (κ1) is 35.0. The molecular formula is C37H41N3O6S2. The number of carbonyl (C=O) groups excluding carboxylic acids is 2. The standard InChI is InChI=1S/C37H41N3O6S2/c1-4-7-12-22-46-29-20-17-27(23-30(29)44-6-3)32-31(33(41)26-15-18-28(19-16-26)45-21-8-5-2)34(42)35(43)40(32)36-38-39-37(48-36)47-24-25-13-10-9-11-14-25/h9-11,13-20,23,32,41H,4-8,12,21-22,24H2,1-3H3/t32-/m0/s1. The molecule has 48 heavy (non-hydrogen) atoms. The summed E-state index contributed by atoms with van der Waals surface area (Å²) in [4.78, 5) is 28.9. The van der Waals surface area contributed by atoms with Crippen molar-refractivity contribution in [1.29, 1.82) is 0 Å². The third-order valence-electron chi connectivity index (χ3n) is 7.73. The van der Waals surface area contributed by atoms with Crippen molar-refractivity contribution in [3.63, 3.8) is 0 Å². The smallest absolute Gasteiger partial charge is 0.301 e. The number of nitrogens with zero attached hydrogens (tertiary/aromatic N) is 3. The van der Waals surface area contributed by atoms with Crippen LogP contribution in [0.2, 0.25) is 0 Å². The van der Waals surface area contributed by atoms with E-state index in [9.17, 15) is 14.7 Å². The van der Waals surface area contributed by atoms with E-state index in [0.717, 1.165) is 37.7 Å². The molecule has 9 nitrogen and oxygen atoms in total. The number of aliphatic hydroxyl groups excluding tert-OH is 1. The maximum absolute atomic E-state index is 13.8. The summed E-state index contributed by atoms with van der Waals surface area (Å²) in [5.41, 5.74) is 2.03. The van der Waals surface area contributed by atoms with Gasteiger partial charge < -0.3 is 19.3 Å². The van der Waals surface area contributed by atoms with Crippen LogP contribution in [0.3, 0.4) is 0 Å². The SMILES string of the molecule is CCCCCOc1ccc([C@H]2C(=C(O)c3ccc(OCCCC)cc3)C(=O)C(=O)N2c2nnc(SCc3ccccc3)s2)cc1OCC. The van der Waals surface area contributed by atoms with Gasteiger partial charge in [0.25, 0.3) is 5.78 Å². The van der Waals surface area contributed by atoms with Crippen LogP contribution in [0, 0.1) is 0 Å². The first-order chi connectivity index (χ1) is 23.4. The Morgan fingerprint density at radius 1 is 0.854 bits per heavy atom. The number of carbonyl (C=O) groups is 2. The summed E-state index contributed by atoms with van der Waals surface area (Å²) >= 11 is 2.72. The Bertz CT molecular complexity index is 1710. The van der Waals surface area contributed by atoms with E-state index in [1.807, 2.05) is 37.3 Å². The zero-order valence-corrected chi connectivity index (χ0v) is 29.1. The topological polar surface area (TPSA) is 111 Å². The number of ether oxygens (including phenoxy) is 3. The number of aliphatic hydroxyl groups is 1. The average Bonchev–Trinajstić information content (AvgIpc) is 3.68. The third-order valence-corrected chi connectivity index (χ3v) is 9.86. The van der Waals surface area contributed by atoms with Crippen LogP contribution in [0.4, 0.5) is 5.13 Å². The molecule has 0 aliphatic carbocycles. The van der Waals surface area contributed by atoms with Crippen molar-refractivity contribution in [1.82, 2.24) is 10.2 Å². The van der Waals surface area contributed by atoms with Crippen molar-refractivity contribution in [3.05, 3.63) is 95.1 Å². The number of benzene rings is 3. The van der Waals surface area contributed by atoms with E-state index in [2.05, 4.69) is 24.0 Å². The lowest BCUT2D eigenvalue weighted by Gasteiger charge is -2.23. The summed E-state index contributed by atoms with van der Waals surface area (Å²) in [5, 5.41) is 20.6. The largest absolute Gasteiger partial charge is 0.507 e. The normalized spacial score (nSPS) is 15.6. The zero-order chi connectivity index (χ0) is 33.9. The van der Waals surface area contributed by atoms with E-state index in [0.29, 0.717) is 58.3 Å². The zero-order valence-electron chi connectivity index (χ0n) is 27.5. The van der Waals surface area contributed by atoms with Crippen LogP contribution in [-0.4, -0.2) is 46.8 Å². The quantitative estimate of drug-likeness (QED) is 0.0291. The van der Waals surface area contributed by atoms with Crippen LogP contribution in [0.5, 0.6) is 17.2 Å². The molecule has 0 saturated carbocycles. The molecule has 11 heteroatoms. The van der Waals surface area contributed by atoms with Gasteiger partial charge in [-0.05, 0) is 67.3 Å². The number of anilines is 1. The van der Waals surface area contributed by atoms with Crippen molar-refractivity contribution < 1.29 is 28.9 Å². The number of amides is 1. The molecule has 2 heterocycles. The predicted octanol–water partition coefficient (Wildman–Crippen LogP) is 8.60. The summed E-state index contributed by atoms with van der Waals surface area (Å²) in [5.74, 6) is 0.490. The van der Waals surface area contributed by atoms with Crippen molar-refractivity contribution in [2.45, 2.75) is 69.0 Å². The fraction of sp³-hybridized carbons (Fsp3) is 0.351. The molecule has 4 aromatic rings. The van der Waals surface area contributed by atoms with E-state index in [1.165, 1.54) is 28.0 Å². The molecule has 5 rings (SSSR count). The minimum absolute atomic E-state index is 0.0487. The van der Waals surface area contributed by atoms with Crippen LogP contribution < -0.4 is 19.1 Å². The second-order valence-corrected chi connectivity index (χ2v) is 13.4. The number of hydrogen-bond acceptors (Lipinski definition) is 10. The van der Waals surface area contributed by atoms with Gasteiger partial charge in [-0.1, -0.05) is 92.6 Å². The number of Topliss-reactive ketones (excluding diaryl/α,β-unsaturated/α-hetero) is 1. The van der Waals surface area contributed by atoms with Crippen molar-refractivity contribution in [2.75, 3.05) is 24.7 Å². The van der Waals surface area contributed by atoms with Crippen LogP contribution in [0.25, 0.3) is 5.76 Å². The van der Waals surface area contributed by atoms with E-state index in [4.69, 9.17) is 14.2 Å². The van der Waals surface area contributed by atoms with Gasteiger partial charge in [-0.15, -0.1) is 10.2 Å². The van der Waals surface area contributed by atoms with E-state index >= 15 is 0 Å². The molecule has 0 spiro atoms. The molecule has 0 radical (unpaired) electrons. The summed E-state index contributed by atoms with van der Waals surface area (Å²) in [7, 11) is 0. The molecule has 1 fully saturated rings. The number of aromatic nitrogens is 2. The second kappa shape index (κ2) is 17.2. The number of ketones is 1. The van der Waals surface area contributed by atoms with Crippen LogP contribution in [0.1, 0.15) is 75.6 Å². The van der Waals surface area contributed by atoms with Crippen LogP contribution in [0.15, 0.2) is 82.7 Å². The van der Waals surface area contributed by atoms with Crippen molar-refractivity contribution in [3.8, 4) is 17.2 Å². The molecule has 1 saturated heterocycles. The van der Waals surface area contributed by atoms with Gasteiger partial charge in [0.15, 0.2) is 15.8 Å². The van der Waals surface area contributed by atoms with Gasteiger partial charge in [-0.25, -0.2) is 0 Å². The molecule has 0 unspecified atom stereocenters. The van der Waals surface area contributed by atoms with Gasteiger partial charge in [0, 0.05) is 11.3 Å². The Morgan fingerprint density at radius 3 is 2.33 bits per heavy atom. The number of unbranched alkanes of at least 4 members (excludes halogenated alkanes) is 3. The Balaban J connectivity index is 1.53. The monoisotopic (exact) mass is 687 g/mol. The molecule has 252 valence electrons. The van der Waals surface area contributed by atoms with E-state index < -0.39 is 17.7 Å². The minimum Gasteiger partial charge on any atom is -0.507 e. The molecule has 1 aliphatic rings. The molecule has 1 aromatic heterocycles. The lowest BCUT2D eigenvalue weighted by Crippen LogP contribution is -2.29. The molecule has 1 aliphatic heterocycles. The van der Waals surface area contributed by atoms with Gasteiger partial charge in [0.1, 0.15) is 11.5 Å². The lowest BCUT2D eigenvalue weighted by atomic mass is 9.95. The molecule has 1 atom stereocenters.